The van der Waals surface area contributed by atoms with Crippen molar-refractivity contribution in [3.63, 3.8) is 0 Å². The van der Waals surface area contributed by atoms with Crippen molar-refractivity contribution in [2.75, 3.05) is 16.8 Å². The number of halogens is 3. The fourth-order valence-electron chi connectivity index (χ4n) is 3.37. The van der Waals surface area contributed by atoms with E-state index in [-0.39, 0.29) is 22.0 Å². The number of carbonyl (C=O) groups is 2. The van der Waals surface area contributed by atoms with Crippen LogP contribution in [0.5, 0.6) is 0 Å². The second kappa shape index (κ2) is 7.94. The molecule has 0 aliphatic carbocycles. The van der Waals surface area contributed by atoms with Crippen molar-refractivity contribution in [2.24, 2.45) is 0 Å². The summed E-state index contributed by atoms with van der Waals surface area (Å²) in [6.45, 7) is 0. The maximum atomic E-state index is 13.4. The van der Waals surface area contributed by atoms with Gasteiger partial charge in [-0.25, -0.2) is 9.29 Å². The quantitative estimate of drug-likeness (QED) is 0.499. The van der Waals surface area contributed by atoms with E-state index >= 15 is 0 Å². The molecule has 1 aliphatic heterocycles. The molecule has 0 saturated carbocycles. The van der Waals surface area contributed by atoms with Gasteiger partial charge in [0.25, 0.3) is 11.8 Å². The summed E-state index contributed by atoms with van der Waals surface area (Å²) >= 11 is 12.4. The molecule has 2 amide bonds. The fraction of sp³-hybridized carbons (Fsp3) is 0.0435. The standard InChI is InChI=1S/C23H15Cl2FN2O2/c1-27(16-5-3-2-4-6-16)21-20(18-12-7-14(24)13-19(18)25)22(29)28(23(21)30)17-10-8-15(26)9-11-17/h2-13H,1H3. The SMILES string of the molecule is CN(C1=C(c2ccc(Cl)cc2Cl)C(=O)N(c2ccc(F)cc2)C1=O)c1ccccc1. The fourth-order valence-corrected chi connectivity index (χ4v) is 3.87. The van der Waals surface area contributed by atoms with E-state index in [1.807, 2.05) is 30.3 Å². The summed E-state index contributed by atoms with van der Waals surface area (Å²) in [4.78, 5) is 29.5. The number of hydrogen-bond acceptors (Lipinski definition) is 3. The lowest BCUT2D eigenvalue weighted by Crippen LogP contribution is -2.34. The summed E-state index contributed by atoms with van der Waals surface area (Å²) in [5, 5.41) is 0.660. The second-order valence-electron chi connectivity index (χ2n) is 6.66. The lowest BCUT2D eigenvalue weighted by atomic mass is 10.0. The Labute approximate surface area is 182 Å². The van der Waals surface area contributed by atoms with Gasteiger partial charge in [-0.05, 0) is 48.5 Å². The van der Waals surface area contributed by atoms with E-state index in [9.17, 15) is 14.0 Å². The van der Waals surface area contributed by atoms with Gasteiger partial charge < -0.3 is 4.90 Å². The molecule has 7 heteroatoms. The average molecular weight is 441 g/mol. The Bertz CT molecular complexity index is 1180. The number of para-hydroxylation sites is 1. The normalized spacial score (nSPS) is 13.9. The molecule has 30 heavy (non-hydrogen) atoms. The molecular weight excluding hydrogens is 426 g/mol. The van der Waals surface area contributed by atoms with Gasteiger partial charge in [0, 0.05) is 23.3 Å². The molecule has 3 aromatic rings. The first-order chi connectivity index (χ1) is 14.4. The van der Waals surface area contributed by atoms with Crippen LogP contribution >= 0.6 is 23.2 Å². The molecule has 0 saturated heterocycles. The molecule has 0 spiro atoms. The average Bonchev–Trinajstić information content (AvgIpc) is 2.99. The summed E-state index contributed by atoms with van der Waals surface area (Å²) in [6.07, 6.45) is 0. The molecule has 0 fully saturated rings. The third-order valence-corrected chi connectivity index (χ3v) is 5.37. The minimum absolute atomic E-state index is 0.150. The zero-order valence-electron chi connectivity index (χ0n) is 15.8. The van der Waals surface area contributed by atoms with Gasteiger partial charge in [0.05, 0.1) is 16.3 Å². The van der Waals surface area contributed by atoms with Gasteiger partial charge in [0.15, 0.2) is 0 Å². The van der Waals surface area contributed by atoms with E-state index in [1.54, 1.807) is 24.1 Å². The van der Waals surface area contributed by atoms with Crippen molar-refractivity contribution in [1.82, 2.24) is 0 Å². The van der Waals surface area contributed by atoms with Gasteiger partial charge in [-0.15, -0.1) is 0 Å². The Morgan fingerprint density at radius 1 is 0.867 bits per heavy atom. The minimum Gasteiger partial charge on any atom is -0.339 e. The predicted octanol–water partition coefficient (Wildman–Crippen LogP) is 5.55. The number of likely N-dealkylation sites (N-methyl/N-ethyl adjacent to an activating group) is 1. The second-order valence-corrected chi connectivity index (χ2v) is 7.51. The van der Waals surface area contributed by atoms with E-state index in [4.69, 9.17) is 23.2 Å². The summed E-state index contributed by atoms with van der Waals surface area (Å²) in [6, 6.07) is 19.1. The highest BCUT2D eigenvalue weighted by Gasteiger charge is 2.42. The van der Waals surface area contributed by atoms with Crippen LogP contribution in [-0.2, 0) is 9.59 Å². The third-order valence-electron chi connectivity index (χ3n) is 4.82. The Balaban J connectivity index is 1.91. The van der Waals surface area contributed by atoms with Crippen LogP contribution in [0.4, 0.5) is 15.8 Å². The number of benzene rings is 3. The number of imide groups is 1. The summed E-state index contributed by atoms with van der Waals surface area (Å²) in [7, 11) is 1.70. The molecule has 4 nitrogen and oxygen atoms in total. The molecule has 3 aromatic carbocycles. The molecule has 0 bridgehead atoms. The molecule has 0 radical (unpaired) electrons. The molecule has 150 valence electrons. The molecule has 0 N–H and O–H groups in total. The predicted molar refractivity (Wildman–Crippen MR) is 117 cm³/mol. The first kappa shape index (κ1) is 20.1. The molecular formula is C23H15Cl2FN2O2. The number of hydrogen-bond donors (Lipinski definition) is 0. The maximum Gasteiger partial charge on any atom is 0.282 e. The minimum atomic E-state index is -0.548. The molecule has 0 unspecified atom stereocenters. The van der Waals surface area contributed by atoms with E-state index in [0.717, 1.165) is 10.6 Å². The molecule has 0 aromatic heterocycles. The van der Waals surface area contributed by atoms with Crippen molar-refractivity contribution in [1.29, 1.82) is 0 Å². The van der Waals surface area contributed by atoms with E-state index < -0.39 is 17.6 Å². The van der Waals surface area contributed by atoms with Crippen LogP contribution in [0.15, 0.2) is 78.5 Å². The first-order valence-corrected chi connectivity index (χ1v) is 9.77. The topological polar surface area (TPSA) is 40.6 Å². The number of rotatable bonds is 4. The van der Waals surface area contributed by atoms with Crippen molar-refractivity contribution < 1.29 is 14.0 Å². The van der Waals surface area contributed by atoms with Crippen LogP contribution in [-0.4, -0.2) is 18.9 Å². The van der Waals surface area contributed by atoms with Crippen LogP contribution in [0, 0.1) is 5.82 Å². The zero-order chi connectivity index (χ0) is 21.4. The summed E-state index contributed by atoms with van der Waals surface area (Å²) in [5.74, 6) is -1.54. The molecule has 4 rings (SSSR count). The lowest BCUT2D eigenvalue weighted by Gasteiger charge is -2.21. The van der Waals surface area contributed by atoms with Gasteiger partial charge in [-0.3, -0.25) is 9.59 Å². The highest BCUT2D eigenvalue weighted by atomic mass is 35.5. The number of carbonyl (C=O) groups excluding carboxylic acids is 2. The van der Waals surface area contributed by atoms with E-state index in [2.05, 4.69) is 0 Å². The van der Waals surface area contributed by atoms with Gasteiger partial charge in [-0.2, -0.15) is 0 Å². The van der Waals surface area contributed by atoms with Gasteiger partial charge in [0.2, 0.25) is 0 Å². The van der Waals surface area contributed by atoms with Crippen molar-refractivity contribution in [3.8, 4) is 0 Å². The van der Waals surface area contributed by atoms with Crippen molar-refractivity contribution in [3.05, 3.63) is 99.9 Å². The Morgan fingerprint density at radius 3 is 2.17 bits per heavy atom. The zero-order valence-corrected chi connectivity index (χ0v) is 17.3. The smallest absolute Gasteiger partial charge is 0.282 e. The Kier molecular flexibility index (Phi) is 5.33. The largest absolute Gasteiger partial charge is 0.339 e. The summed E-state index contributed by atoms with van der Waals surface area (Å²) < 4.78 is 13.4. The van der Waals surface area contributed by atoms with Crippen LogP contribution in [0.2, 0.25) is 10.0 Å². The molecule has 1 heterocycles. The maximum absolute atomic E-state index is 13.4. The molecule has 1 aliphatic rings. The van der Waals surface area contributed by atoms with Crippen LogP contribution in [0.25, 0.3) is 5.57 Å². The highest BCUT2D eigenvalue weighted by Crippen LogP contribution is 2.39. The van der Waals surface area contributed by atoms with Crippen molar-refractivity contribution >= 4 is 52.0 Å². The highest BCUT2D eigenvalue weighted by molar-refractivity contribution is 6.48. The first-order valence-electron chi connectivity index (χ1n) is 9.01. The van der Waals surface area contributed by atoms with Gasteiger partial charge in [-0.1, -0.05) is 47.5 Å². The lowest BCUT2D eigenvalue weighted by molar-refractivity contribution is -0.120. The third kappa shape index (κ3) is 3.47. The summed E-state index contributed by atoms with van der Waals surface area (Å²) in [5.41, 5.74) is 1.70. The number of anilines is 2. The number of amides is 2. The Morgan fingerprint density at radius 2 is 1.53 bits per heavy atom. The van der Waals surface area contributed by atoms with Crippen LogP contribution in [0.1, 0.15) is 5.56 Å². The number of nitrogens with zero attached hydrogens (tertiary/aromatic N) is 2. The monoisotopic (exact) mass is 440 g/mol. The van der Waals surface area contributed by atoms with Crippen LogP contribution in [0.3, 0.4) is 0 Å². The van der Waals surface area contributed by atoms with Crippen molar-refractivity contribution in [2.45, 2.75) is 0 Å². The van der Waals surface area contributed by atoms with E-state index in [1.165, 1.54) is 30.3 Å². The van der Waals surface area contributed by atoms with Gasteiger partial charge >= 0.3 is 0 Å². The van der Waals surface area contributed by atoms with E-state index in [0.29, 0.717) is 10.6 Å². The molecule has 0 atom stereocenters. The Hall–Kier alpha value is -3.15. The van der Waals surface area contributed by atoms with Gasteiger partial charge in [0.1, 0.15) is 11.5 Å². The van der Waals surface area contributed by atoms with Crippen LogP contribution < -0.4 is 9.80 Å².